The second-order valence-corrected chi connectivity index (χ2v) is 4.97. The molecule has 6 heteroatoms. The molecule has 120 valence electrons. The van der Waals surface area contributed by atoms with Gasteiger partial charge in [0.25, 0.3) is 5.56 Å². The Hall–Kier alpha value is -2.89. The van der Waals surface area contributed by atoms with Crippen LogP contribution in [0.3, 0.4) is 0 Å². The number of benzene rings is 1. The molecule has 0 aliphatic heterocycles. The fraction of sp³-hybridized carbons (Fsp3) is 0.235. The van der Waals surface area contributed by atoms with Crippen LogP contribution in [-0.4, -0.2) is 27.5 Å². The number of aromatic amines is 1. The molecule has 0 saturated heterocycles. The number of aryl methyl sites for hydroxylation is 2. The molecular formula is C17H18N2O4. The average molecular weight is 314 g/mol. The van der Waals surface area contributed by atoms with Crippen molar-refractivity contribution in [2.75, 3.05) is 6.61 Å². The number of nitrogens with zero attached hydrogens (tertiary/aromatic N) is 1. The molecule has 2 N–H and O–H groups in total. The molecule has 1 heterocycles. The van der Waals surface area contributed by atoms with E-state index in [1.807, 2.05) is 6.92 Å². The van der Waals surface area contributed by atoms with Crippen LogP contribution < -0.4 is 10.3 Å². The molecule has 6 nitrogen and oxygen atoms in total. The largest absolute Gasteiger partial charge is 0.504 e. The summed E-state index contributed by atoms with van der Waals surface area (Å²) in [6, 6.07) is 4.75. The van der Waals surface area contributed by atoms with Crippen LogP contribution in [0, 0.1) is 13.8 Å². The summed E-state index contributed by atoms with van der Waals surface area (Å²) in [5, 5.41) is 9.65. The minimum absolute atomic E-state index is 0.0238. The zero-order chi connectivity index (χ0) is 17.0. The van der Waals surface area contributed by atoms with Crippen LogP contribution in [0.25, 0.3) is 6.08 Å². The number of allylic oxidation sites excluding steroid dienone is 1. The van der Waals surface area contributed by atoms with Crippen LogP contribution in [-0.2, 0) is 0 Å². The van der Waals surface area contributed by atoms with Crippen LogP contribution in [0.2, 0.25) is 0 Å². The molecule has 0 radical (unpaired) electrons. The fourth-order valence-electron chi connectivity index (χ4n) is 2.18. The van der Waals surface area contributed by atoms with Crippen molar-refractivity contribution in [2.24, 2.45) is 0 Å². The highest BCUT2D eigenvalue weighted by atomic mass is 16.5. The zero-order valence-electron chi connectivity index (χ0n) is 13.2. The van der Waals surface area contributed by atoms with E-state index >= 15 is 0 Å². The van der Waals surface area contributed by atoms with Crippen LogP contribution in [0.15, 0.2) is 29.1 Å². The molecule has 0 aliphatic rings. The molecule has 0 saturated carbocycles. The number of aromatic nitrogens is 2. The number of carbonyl (C=O) groups is 1. The molecule has 1 aromatic heterocycles. The highest BCUT2D eigenvalue weighted by Crippen LogP contribution is 2.27. The third-order valence-electron chi connectivity index (χ3n) is 3.18. The molecular weight excluding hydrogens is 296 g/mol. The third kappa shape index (κ3) is 3.85. The van der Waals surface area contributed by atoms with E-state index in [0.717, 1.165) is 0 Å². The number of H-pyrrole nitrogens is 1. The predicted octanol–water partition coefficient (Wildman–Crippen LogP) is 2.39. The molecule has 0 unspecified atom stereocenters. The lowest BCUT2D eigenvalue weighted by Gasteiger charge is -2.06. The summed E-state index contributed by atoms with van der Waals surface area (Å²) in [7, 11) is 0. The smallest absolute Gasteiger partial charge is 0.262 e. The molecule has 23 heavy (non-hydrogen) atoms. The summed E-state index contributed by atoms with van der Waals surface area (Å²) in [6.07, 6.45) is 2.86. The molecule has 0 aliphatic carbocycles. The van der Waals surface area contributed by atoms with Crippen molar-refractivity contribution >= 4 is 11.9 Å². The van der Waals surface area contributed by atoms with Crippen LogP contribution in [0.1, 0.15) is 34.4 Å². The van der Waals surface area contributed by atoms with Crippen LogP contribution in [0.4, 0.5) is 0 Å². The van der Waals surface area contributed by atoms with E-state index in [4.69, 9.17) is 4.74 Å². The monoisotopic (exact) mass is 314 g/mol. The average Bonchev–Trinajstić information content (AvgIpc) is 2.47. The SMILES string of the molecule is CCOc1cc(C=CC(=O)c2c(C)nc(C)[nH]c2=O)ccc1O. The second kappa shape index (κ2) is 6.91. The topological polar surface area (TPSA) is 92.3 Å². The van der Waals surface area contributed by atoms with Crippen molar-refractivity contribution in [3.05, 3.63) is 57.3 Å². The molecule has 0 bridgehead atoms. The number of nitrogens with one attached hydrogen (secondary N) is 1. The summed E-state index contributed by atoms with van der Waals surface area (Å²) >= 11 is 0. The summed E-state index contributed by atoms with van der Waals surface area (Å²) in [6.45, 7) is 5.51. The van der Waals surface area contributed by atoms with Gasteiger partial charge in [-0.2, -0.15) is 0 Å². The van der Waals surface area contributed by atoms with Gasteiger partial charge in [0.2, 0.25) is 0 Å². The number of rotatable bonds is 5. The second-order valence-electron chi connectivity index (χ2n) is 4.97. The number of phenolic OH excluding ortho intramolecular Hbond substituents is 1. The highest BCUT2D eigenvalue weighted by Gasteiger charge is 2.13. The quantitative estimate of drug-likeness (QED) is 0.653. The van der Waals surface area contributed by atoms with E-state index < -0.39 is 11.3 Å². The lowest BCUT2D eigenvalue weighted by molar-refractivity contribution is 0.104. The van der Waals surface area contributed by atoms with Gasteiger partial charge in [-0.3, -0.25) is 9.59 Å². The maximum absolute atomic E-state index is 12.2. The predicted molar refractivity (Wildman–Crippen MR) is 87.0 cm³/mol. The normalized spacial score (nSPS) is 10.9. The van der Waals surface area contributed by atoms with Gasteiger partial charge in [-0.1, -0.05) is 12.1 Å². The van der Waals surface area contributed by atoms with Crippen molar-refractivity contribution in [2.45, 2.75) is 20.8 Å². The number of carbonyl (C=O) groups excluding carboxylic acids is 1. The van der Waals surface area contributed by atoms with Crippen LogP contribution >= 0.6 is 0 Å². The van der Waals surface area contributed by atoms with Crippen molar-refractivity contribution in [1.82, 2.24) is 9.97 Å². The highest BCUT2D eigenvalue weighted by molar-refractivity contribution is 6.07. The van der Waals surface area contributed by atoms with Crippen molar-refractivity contribution < 1.29 is 14.6 Å². The third-order valence-corrected chi connectivity index (χ3v) is 3.18. The van der Waals surface area contributed by atoms with E-state index in [9.17, 15) is 14.7 Å². The summed E-state index contributed by atoms with van der Waals surface area (Å²) in [5.74, 6) is 0.411. The summed E-state index contributed by atoms with van der Waals surface area (Å²) in [5.41, 5.74) is 0.636. The lowest BCUT2D eigenvalue weighted by atomic mass is 10.1. The Morgan fingerprint density at radius 1 is 1.39 bits per heavy atom. The van der Waals surface area contributed by atoms with Gasteiger partial charge in [0, 0.05) is 0 Å². The van der Waals surface area contributed by atoms with Crippen molar-refractivity contribution in [3.63, 3.8) is 0 Å². The zero-order valence-corrected chi connectivity index (χ0v) is 13.2. The minimum atomic E-state index is -0.453. The van der Waals surface area contributed by atoms with Gasteiger partial charge in [-0.15, -0.1) is 0 Å². The maximum atomic E-state index is 12.2. The van der Waals surface area contributed by atoms with Gasteiger partial charge in [-0.25, -0.2) is 4.98 Å². The first-order chi connectivity index (χ1) is 10.9. The number of aromatic hydroxyl groups is 1. The van der Waals surface area contributed by atoms with Gasteiger partial charge in [0.05, 0.1) is 12.3 Å². The fourth-order valence-corrected chi connectivity index (χ4v) is 2.18. The van der Waals surface area contributed by atoms with Gasteiger partial charge >= 0.3 is 0 Å². The lowest BCUT2D eigenvalue weighted by Crippen LogP contribution is -2.21. The van der Waals surface area contributed by atoms with Gasteiger partial charge in [0.1, 0.15) is 11.4 Å². The first-order valence-corrected chi connectivity index (χ1v) is 7.18. The molecule has 1 aromatic carbocycles. The first kappa shape index (κ1) is 16.5. The molecule has 0 fully saturated rings. The van der Waals surface area contributed by atoms with Gasteiger partial charge in [0.15, 0.2) is 17.3 Å². The Kier molecular flexibility index (Phi) is 4.95. The van der Waals surface area contributed by atoms with E-state index in [2.05, 4.69) is 9.97 Å². The van der Waals surface area contributed by atoms with Crippen molar-refractivity contribution in [3.8, 4) is 11.5 Å². The number of ether oxygens (including phenoxy) is 1. The van der Waals surface area contributed by atoms with E-state index in [-0.39, 0.29) is 11.3 Å². The number of hydrogen-bond acceptors (Lipinski definition) is 5. The Balaban J connectivity index is 2.29. The van der Waals surface area contributed by atoms with Gasteiger partial charge in [-0.05, 0) is 44.5 Å². The Labute approximate surface area is 133 Å². The van der Waals surface area contributed by atoms with Gasteiger partial charge < -0.3 is 14.8 Å². The maximum Gasteiger partial charge on any atom is 0.262 e. The Morgan fingerprint density at radius 2 is 2.13 bits per heavy atom. The summed E-state index contributed by atoms with van der Waals surface area (Å²) < 4.78 is 5.29. The molecule has 0 atom stereocenters. The standard InChI is InChI=1S/C17H18N2O4/c1-4-23-15-9-12(5-7-13(15)20)6-8-14(21)16-10(2)18-11(3)19-17(16)22/h5-9,20H,4H2,1-3H3,(H,18,19,22). The molecule has 2 aromatic rings. The summed E-state index contributed by atoms with van der Waals surface area (Å²) in [4.78, 5) is 30.7. The Bertz CT molecular complexity index is 822. The molecule has 0 spiro atoms. The van der Waals surface area contributed by atoms with E-state index in [1.54, 1.807) is 32.1 Å². The molecule has 0 amide bonds. The minimum Gasteiger partial charge on any atom is -0.504 e. The number of phenols is 1. The van der Waals surface area contributed by atoms with E-state index in [0.29, 0.717) is 29.4 Å². The number of hydrogen-bond donors (Lipinski definition) is 2. The number of ketones is 1. The molecule has 2 rings (SSSR count). The van der Waals surface area contributed by atoms with Crippen molar-refractivity contribution in [1.29, 1.82) is 0 Å². The van der Waals surface area contributed by atoms with E-state index in [1.165, 1.54) is 12.1 Å². The Morgan fingerprint density at radius 3 is 2.78 bits per heavy atom. The van der Waals surface area contributed by atoms with Crippen LogP contribution in [0.5, 0.6) is 11.5 Å². The first-order valence-electron chi connectivity index (χ1n) is 7.18.